The standard InChI is InChI=1S/C32H44O4/c1-2-3-4-5-6-7-8-9-10-16-23-34-31-21-22-32(30-20-15-14-19-29(30)31)36-26-28(24-33)35-25-27-17-12-11-13-18-27/h11-15,17-22,28,33H,2-10,16,23-26H2,1H3. The molecular weight excluding hydrogens is 448 g/mol. The lowest BCUT2D eigenvalue weighted by molar-refractivity contribution is -0.0224. The van der Waals surface area contributed by atoms with Crippen LogP contribution in [0.5, 0.6) is 11.5 Å². The van der Waals surface area contributed by atoms with Crippen molar-refractivity contribution in [1.29, 1.82) is 0 Å². The van der Waals surface area contributed by atoms with E-state index in [0.717, 1.165) is 40.9 Å². The molecule has 0 heterocycles. The number of benzene rings is 3. The molecule has 4 heteroatoms. The van der Waals surface area contributed by atoms with E-state index in [4.69, 9.17) is 14.2 Å². The van der Waals surface area contributed by atoms with Crippen LogP contribution in [-0.2, 0) is 11.3 Å². The van der Waals surface area contributed by atoms with Gasteiger partial charge in [-0.3, -0.25) is 0 Å². The first kappa shape index (κ1) is 28.0. The number of aliphatic hydroxyl groups is 1. The van der Waals surface area contributed by atoms with Gasteiger partial charge in [-0.25, -0.2) is 0 Å². The molecule has 1 atom stereocenters. The van der Waals surface area contributed by atoms with E-state index in [1.54, 1.807) is 0 Å². The van der Waals surface area contributed by atoms with Gasteiger partial charge in [-0.2, -0.15) is 0 Å². The van der Waals surface area contributed by atoms with Gasteiger partial charge in [0.25, 0.3) is 0 Å². The van der Waals surface area contributed by atoms with Crippen molar-refractivity contribution >= 4 is 10.8 Å². The Balaban J connectivity index is 1.42. The van der Waals surface area contributed by atoms with Crippen LogP contribution in [0.1, 0.15) is 76.7 Å². The average Bonchev–Trinajstić information content (AvgIpc) is 2.93. The Hall–Kier alpha value is -2.56. The molecule has 0 fully saturated rings. The van der Waals surface area contributed by atoms with Gasteiger partial charge in [-0.15, -0.1) is 0 Å². The van der Waals surface area contributed by atoms with Crippen LogP contribution in [0.15, 0.2) is 66.7 Å². The molecule has 3 aromatic carbocycles. The lowest BCUT2D eigenvalue weighted by atomic mass is 10.1. The second-order valence-electron chi connectivity index (χ2n) is 9.55. The molecule has 3 aromatic rings. The largest absolute Gasteiger partial charge is 0.493 e. The van der Waals surface area contributed by atoms with E-state index in [0.29, 0.717) is 6.61 Å². The topological polar surface area (TPSA) is 47.9 Å². The van der Waals surface area contributed by atoms with Crippen LogP contribution in [0, 0.1) is 0 Å². The van der Waals surface area contributed by atoms with Gasteiger partial charge in [0.2, 0.25) is 0 Å². The molecule has 0 spiro atoms. The lowest BCUT2D eigenvalue weighted by Gasteiger charge is -2.18. The summed E-state index contributed by atoms with van der Waals surface area (Å²) in [5, 5.41) is 11.8. The van der Waals surface area contributed by atoms with Gasteiger partial charge >= 0.3 is 0 Å². The first-order chi connectivity index (χ1) is 17.8. The van der Waals surface area contributed by atoms with Crippen molar-refractivity contribution in [2.75, 3.05) is 19.8 Å². The minimum absolute atomic E-state index is 0.0924. The molecule has 196 valence electrons. The first-order valence-electron chi connectivity index (χ1n) is 13.9. The highest BCUT2D eigenvalue weighted by atomic mass is 16.5. The number of fused-ring (bicyclic) bond motifs is 1. The molecule has 0 bridgehead atoms. The highest BCUT2D eigenvalue weighted by Crippen LogP contribution is 2.33. The monoisotopic (exact) mass is 492 g/mol. The Kier molecular flexibility index (Phi) is 13.2. The van der Waals surface area contributed by atoms with Gasteiger partial charge in [0.15, 0.2) is 0 Å². The van der Waals surface area contributed by atoms with Crippen molar-refractivity contribution in [2.45, 2.75) is 83.8 Å². The number of unbranched alkanes of at least 4 members (excludes halogenated alkanes) is 9. The minimum atomic E-state index is -0.392. The van der Waals surface area contributed by atoms with Crippen LogP contribution < -0.4 is 9.47 Å². The fraction of sp³-hybridized carbons (Fsp3) is 0.500. The number of rotatable bonds is 19. The number of hydrogen-bond donors (Lipinski definition) is 1. The molecule has 1 unspecified atom stereocenters. The van der Waals surface area contributed by atoms with Gasteiger partial charge in [-0.05, 0) is 24.1 Å². The first-order valence-corrected chi connectivity index (χ1v) is 13.9. The summed E-state index contributed by atoms with van der Waals surface area (Å²) in [7, 11) is 0. The molecule has 36 heavy (non-hydrogen) atoms. The van der Waals surface area contributed by atoms with Crippen molar-refractivity contribution < 1.29 is 19.3 Å². The molecule has 0 saturated heterocycles. The Morgan fingerprint density at radius 1 is 0.639 bits per heavy atom. The molecule has 1 N–H and O–H groups in total. The molecule has 0 aliphatic carbocycles. The third-order valence-corrected chi connectivity index (χ3v) is 6.56. The SMILES string of the molecule is CCCCCCCCCCCCOc1ccc(OCC(CO)OCc2ccccc2)c2ccccc12. The molecule has 0 radical (unpaired) electrons. The number of hydrogen-bond acceptors (Lipinski definition) is 4. The van der Waals surface area contributed by atoms with Gasteiger partial charge in [0, 0.05) is 10.8 Å². The van der Waals surface area contributed by atoms with Crippen LogP contribution in [0.4, 0.5) is 0 Å². The Bertz CT molecular complexity index is 972. The normalized spacial score (nSPS) is 12.1. The van der Waals surface area contributed by atoms with E-state index in [1.165, 1.54) is 57.8 Å². The smallest absolute Gasteiger partial charge is 0.127 e. The van der Waals surface area contributed by atoms with E-state index in [1.807, 2.05) is 54.6 Å². The fourth-order valence-electron chi connectivity index (χ4n) is 4.39. The average molecular weight is 493 g/mol. The molecule has 0 aliphatic heterocycles. The second-order valence-corrected chi connectivity index (χ2v) is 9.55. The van der Waals surface area contributed by atoms with Crippen molar-refractivity contribution in [3.63, 3.8) is 0 Å². The van der Waals surface area contributed by atoms with Gasteiger partial charge < -0.3 is 19.3 Å². The summed E-state index contributed by atoms with van der Waals surface area (Å²) >= 11 is 0. The number of aliphatic hydroxyl groups excluding tert-OH is 1. The third-order valence-electron chi connectivity index (χ3n) is 6.56. The molecule has 0 saturated carbocycles. The lowest BCUT2D eigenvalue weighted by Crippen LogP contribution is -2.25. The van der Waals surface area contributed by atoms with Crippen LogP contribution in [0.25, 0.3) is 10.8 Å². The maximum absolute atomic E-state index is 9.75. The van der Waals surface area contributed by atoms with E-state index >= 15 is 0 Å². The highest BCUT2D eigenvalue weighted by Gasteiger charge is 2.12. The summed E-state index contributed by atoms with van der Waals surface area (Å²) in [5.41, 5.74) is 1.07. The molecular formula is C32H44O4. The summed E-state index contributed by atoms with van der Waals surface area (Å²) in [6.45, 7) is 3.64. The highest BCUT2D eigenvalue weighted by molar-refractivity contribution is 5.93. The zero-order chi connectivity index (χ0) is 25.3. The van der Waals surface area contributed by atoms with E-state index in [9.17, 15) is 5.11 Å². The molecule has 0 aliphatic rings. The van der Waals surface area contributed by atoms with Crippen molar-refractivity contribution in [2.24, 2.45) is 0 Å². The van der Waals surface area contributed by atoms with Crippen molar-refractivity contribution in [1.82, 2.24) is 0 Å². The predicted octanol–water partition coefficient (Wildman–Crippen LogP) is 8.10. The third kappa shape index (κ3) is 9.83. The van der Waals surface area contributed by atoms with Crippen LogP contribution >= 0.6 is 0 Å². The Morgan fingerprint density at radius 3 is 1.81 bits per heavy atom. The second kappa shape index (κ2) is 17.0. The molecule has 0 aromatic heterocycles. The van der Waals surface area contributed by atoms with Crippen molar-refractivity contribution in [3.05, 3.63) is 72.3 Å². The zero-order valence-corrected chi connectivity index (χ0v) is 22.0. The molecule has 4 nitrogen and oxygen atoms in total. The maximum Gasteiger partial charge on any atom is 0.127 e. The van der Waals surface area contributed by atoms with Crippen LogP contribution in [0.3, 0.4) is 0 Å². The van der Waals surface area contributed by atoms with Gasteiger partial charge in [0.1, 0.15) is 24.2 Å². The Labute approximate surface area is 217 Å². The van der Waals surface area contributed by atoms with E-state index in [-0.39, 0.29) is 13.2 Å². The van der Waals surface area contributed by atoms with Crippen LogP contribution in [0.2, 0.25) is 0 Å². The Morgan fingerprint density at radius 2 is 1.19 bits per heavy atom. The molecule has 0 amide bonds. The summed E-state index contributed by atoms with van der Waals surface area (Å²) in [6.07, 6.45) is 12.8. The summed E-state index contributed by atoms with van der Waals surface area (Å²) < 4.78 is 18.1. The number of ether oxygens (including phenoxy) is 3. The van der Waals surface area contributed by atoms with Gasteiger partial charge in [-0.1, -0.05) is 119 Å². The predicted molar refractivity (Wildman–Crippen MR) is 149 cm³/mol. The minimum Gasteiger partial charge on any atom is -0.493 e. The zero-order valence-electron chi connectivity index (χ0n) is 22.0. The quantitative estimate of drug-likeness (QED) is 0.172. The maximum atomic E-state index is 9.75. The fourth-order valence-corrected chi connectivity index (χ4v) is 4.39. The van der Waals surface area contributed by atoms with E-state index < -0.39 is 6.10 Å². The van der Waals surface area contributed by atoms with Crippen LogP contribution in [-0.4, -0.2) is 31.0 Å². The van der Waals surface area contributed by atoms with Gasteiger partial charge in [0.05, 0.1) is 19.8 Å². The summed E-state index contributed by atoms with van der Waals surface area (Å²) in [5.74, 6) is 1.67. The van der Waals surface area contributed by atoms with Crippen molar-refractivity contribution in [3.8, 4) is 11.5 Å². The summed E-state index contributed by atoms with van der Waals surface area (Å²) in [4.78, 5) is 0. The van der Waals surface area contributed by atoms with E-state index in [2.05, 4.69) is 19.1 Å². The molecule has 3 rings (SSSR count). The summed E-state index contributed by atoms with van der Waals surface area (Å²) in [6, 6.07) is 22.1.